The number of fused-ring (bicyclic) bond motifs is 3. The standard InChI is InChI=1S/C26H20N2O4/c1-16-23-19-13-9-5-8-12-18(19)21(15-27)24(23)25(28(16)17-10-6-4-7-11-17)20(26(30)32-3)14-22(29)31-2/h4-14H,1-3H3/b20-14-. The average Bonchev–Trinajstić information content (AvgIpc) is 3.16. The molecule has 0 atom stereocenters. The van der Waals surface area contributed by atoms with Crippen LogP contribution in [0, 0.1) is 18.3 Å². The Morgan fingerprint density at radius 1 is 0.906 bits per heavy atom. The third-order valence-corrected chi connectivity index (χ3v) is 5.48. The minimum Gasteiger partial charge on any atom is -0.466 e. The zero-order valence-corrected chi connectivity index (χ0v) is 17.9. The van der Waals surface area contributed by atoms with Crippen LogP contribution in [0.4, 0.5) is 0 Å². The SMILES string of the molecule is COC(=O)/C=C(\C(=O)OC)c1c2c(C#N)c3cccccc-3c2c(C)n1-c1ccccc1. The number of hydrogen-bond acceptors (Lipinski definition) is 5. The second-order valence-corrected chi connectivity index (χ2v) is 7.15. The molecule has 0 bridgehead atoms. The number of rotatable bonds is 4. The summed E-state index contributed by atoms with van der Waals surface area (Å²) in [4.78, 5) is 25.1. The highest BCUT2D eigenvalue weighted by molar-refractivity contribution is 6.26. The summed E-state index contributed by atoms with van der Waals surface area (Å²) >= 11 is 0. The van der Waals surface area contributed by atoms with Crippen LogP contribution in [0.2, 0.25) is 0 Å². The molecule has 4 rings (SSSR count). The second kappa shape index (κ2) is 8.40. The Labute approximate surface area is 185 Å². The van der Waals surface area contributed by atoms with Crippen LogP contribution in [-0.2, 0) is 19.1 Å². The molecule has 1 heterocycles. The van der Waals surface area contributed by atoms with Gasteiger partial charge in [-0.05, 0) is 24.6 Å². The lowest BCUT2D eigenvalue weighted by Gasteiger charge is -2.14. The van der Waals surface area contributed by atoms with Gasteiger partial charge in [-0.2, -0.15) is 5.26 Å². The van der Waals surface area contributed by atoms with Gasteiger partial charge in [-0.1, -0.05) is 48.5 Å². The number of hydrogen-bond donors (Lipinski definition) is 0. The summed E-state index contributed by atoms with van der Waals surface area (Å²) in [7, 11) is 2.49. The van der Waals surface area contributed by atoms with Gasteiger partial charge in [0.25, 0.3) is 0 Å². The van der Waals surface area contributed by atoms with Crippen LogP contribution in [0.15, 0.2) is 66.7 Å². The number of methoxy groups -OCH3 is 2. The molecular weight excluding hydrogens is 404 g/mol. The van der Waals surface area contributed by atoms with Crippen molar-refractivity contribution in [3.05, 3.63) is 83.7 Å². The van der Waals surface area contributed by atoms with Crippen molar-refractivity contribution in [3.63, 3.8) is 0 Å². The van der Waals surface area contributed by atoms with Crippen molar-refractivity contribution in [1.29, 1.82) is 5.26 Å². The fraction of sp³-hybridized carbons (Fsp3) is 0.115. The molecule has 2 aliphatic carbocycles. The summed E-state index contributed by atoms with van der Waals surface area (Å²) in [5.41, 5.74) is 4.13. The van der Waals surface area contributed by atoms with Gasteiger partial charge in [0.2, 0.25) is 0 Å². The number of para-hydroxylation sites is 1. The molecule has 0 radical (unpaired) electrons. The third-order valence-electron chi connectivity index (χ3n) is 5.48. The first-order valence-corrected chi connectivity index (χ1v) is 9.93. The van der Waals surface area contributed by atoms with Gasteiger partial charge in [-0.3, -0.25) is 0 Å². The summed E-state index contributed by atoms with van der Waals surface area (Å²) in [5, 5.41) is 11.6. The first kappa shape index (κ1) is 20.9. The summed E-state index contributed by atoms with van der Waals surface area (Å²) in [6, 6.07) is 21.3. The van der Waals surface area contributed by atoms with Gasteiger partial charge in [0, 0.05) is 33.8 Å². The number of aromatic nitrogens is 1. The molecular formula is C26H20N2O4. The molecule has 0 aliphatic heterocycles. The van der Waals surface area contributed by atoms with Crippen molar-refractivity contribution in [2.45, 2.75) is 6.92 Å². The number of esters is 2. The lowest BCUT2D eigenvalue weighted by Crippen LogP contribution is -2.12. The zero-order chi connectivity index (χ0) is 22.8. The molecule has 6 heteroatoms. The van der Waals surface area contributed by atoms with E-state index >= 15 is 0 Å². The lowest BCUT2D eigenvalue weighted by atomic mass is 10.1. The summed E-state index contributed by atoms with van der Waals surface area (Å²) < 4.78 is 11.7. The molecule has 6 nitrogen and oxygen atoms in total. The summed E-state index contributed by atoms with van der Waals surface area (Å²) in [6.07, 6.45) is 1.11. The van der Waals surface area contributed by atoms with Gasteiger partial charge in [-0.25, -0.2) is 9.59 Å². The fourth-order valence-electron chi connectivity index (χ4n) is 4.16. The number of nitriles is 1. The van der Waals surface area contributed by atoms with E-state index in [1.807, 2.05) is 72.2 Å². The predicted molar refractivity (Wildman–Crippen MR) is 121 cm³/mol. The Balaban J connectivity index is 2.27. The van der Waals surface area contributed by atoms with E-state index in [-0.39, 0.29) is 5.57 Å². The number of benzene rings is 1. The Bertz CT molecular complexity index is 1390. The highest BCUT2D eigenvalue weighted by Crippen LogP contribution is 2.46. The molecule has 1 aromatic heterocycles. The minimum absolute atomic E-state index is 0.0116. The van der Waals surface area contributed by atoms with Gasteiger partial charge >= 0.3 is 11.9 Å². The Hall–Kier alpha value is -4.37. The molecule has 158 valence electrons. The monoisotopic (exact) mass is 424 g/mol. The van der Waals surface area contributed by atoms with E-state index in [0.29, 0.717) is 16.6 Å². The van der Waals surface area contributed by atoms with E-state index in [0.717, 1.165) is 34.0 Å². The van der Waals surface area contributed by atoms with Crippen LogP contribution >= 0.6 is 0 Å². The number of carbonyl (C=O) groups is 2. The topological polar surface area (TPSA) is 81.3 Å². The van der Waals surface area contributed by atoms with Gasteiger partial charge in [0.1, 0.15) is 6.07 Å². The number of aryl methyl sites for hydroxylation is 1. The first-order valence-electron chi connectivity index (χ1n) is 9.93. The predicted octanol–water partition coefficient (Wildman–Crippen LogP) is 4.64. The Morgan fingerprint density at radius 3 is 2.12 bits per heavy atom. The van der Waals surface area contributed by atoms with Crippen molar-refractivity contribution in [1.82, 2.24) is 4.57 Å². The fourth-order valence-corrected chi connectivity index (χ4v) is 4.16. The van der Waals surface area contributed by atoms with E-state index in [1.165, 1.54) is 14.2 Å². The second-order valence-electron chi connectivity index (χ2n) is 7.15. The van der Waals surface area contributed by atoms with E-state index < -0.39 is 11.9 Å². The molecule has 0 saturated carbocycles. The minimum atomic E-state index is -0.702. The van der Waals surface area contributed by atoms with Crippen LogP contribution < -0.4 is 0 Å². The number of carbonyl (C=O) groups excluding carboxylic acids is 2. The summed E-state index contributed by atoms with van der Waals surface area (Å²) in [6.45, 7) is 1.93. The van der Waals surface area contributed by atoms with E-state index in [9.17, 15) is 14.9 Å². The largest absolute Gasteiger partial charge is 0.466 e. The molecule has 0 saturated heterocycles. The molecule has 32 heavy (non-hydrogen) atoms. The quantitative estimate of drug-likeness (QED) is 0.352. The van der Waals surface area contributed by atoms with Gasteiger partial charge in [-0.15, -0.1) is 0 Å². The number of ether oxygens (including phenoxy) is 2. The molecule has 2 aliphatic rings. The average molecular weight is 424 g/mol. The van der Waals surface area contributed by atoms with Crippen molar-refractivity contribution < 1.29 is 19.1 Å². The molecule has 0 unspecified atom stereocenters. The normalized spacial score (nSPS) is 11.4. The maximum absolute atomic E-state index is 12.9. The van der Waals surface area contributed by atoms with Crippen molar-refractivity contribution >= 4 is 28.3 Å². The van der Waals surface area contributed by atoms with E-state index in [1.54, 1.807) is 0 Å². The van der Waals surface area contributed by atoms with Crippen molar-refractivity contribution in [3.8, 4) is 22.9 Å². The Kier molecular flexibility index (Phi) is 5.48. The molecule has 0 amide bonds. The van der Waals surface area contributed by atoms with Crippen LogP contribution in [0.1, 0.15) is 17.0 Å². The van der Waals surface area contributed by atoms with Crippen molar-refractivity contribution in [2.24, 2.45) is 0 Å². The van der Waals surface area contributed by atoms with Crippen molar-refractivity contribution in [2.75, 3.05) is 14.2 Å². The van der Waals surface area contributed by atoms with Gasteiger partial charge < -0.3 is 14.0 Å². The Morgan fingerprint density at radius 2 is 1.53 bits per heavy atom. The maximum Gasteiger partial charge on any atom is 0.340 e. The number of nitrogens with zero attached hydrogens (tertiary/aromatic N) is 2. The van der Waals surface area contributed by atoms with Crippen LogP contribution in [0.5, 0.6) is 0 Å². The molecule has 0 N–H and O–H groups in total. The smallest absolute Gasteiger partial charge is 0.340 e. The van der Waals surface area contributed by atoms with Gasteiger partial charge in [0.15, 0.2) is 0 Å². The van der Waals surface area contributed by atoms with Crippen LogP contribution in [-0.4, -0.2) is 30.7 Å². The molecule has 2 aromatic rings. The third kappa shape index (κ3) is 3.21. The highest BCUT2D eigenvalue weighted by Gasteiger charge is 2.31. The van der Waals surface area contributed by atoms with Gasteiger partial charge in [0.05, 0.1) is 31.1 Å². The first-order chi connectivity index (χ1) is 15.5. The maximum atomic E-state index is 12.9. The van der Waals surface area contributed by atoms with E-state index in [2.05, 4.69) is 6.07 Å². The lowest BCUT2D eigenvalue weighted by molar-refractivity contribution is -0.136. The van der Waals surface area contributed by atoms with Crippen LogP contribution in [0.3, 0.4) is 0 Å². The summed E-state index contributed by atoms with van der Waals surface area (Å²) in [5.74, 6) is -1.40. The molecule has 0 spiro atoms. The molecule has 0 fully saturated rings. The molecule has 1 aromatic carbocycles. The highest BCUT2D eigenvalue weighted by atomic mass is 16.5. The zero-order valence-electron chi connectivity index (χ0n) is 17.9. The van der Waals surface area contributed by atoms with Crippen LogP contribution in [0.25, 0.3) is 33.2 Å². The van der Waals surface area contributed by atoms with E-state index in [4.69, 9.17) is 9.47 Å².